The second-order valence-electron chi connectivity index (χ2n) is 5.52. The van der Waals surface area contributed by atoms with Crippen molar-refractivity contribution < 1.29 is 43.4 Å². The molecule has 0 aliphatic rings. The number of hydrogen-bond donors (Lipinski definition) is 1. The number of ether oxygens (including phenoxy) is 1. The molecule has 7 nitrogen and oxygen atoms in total. The van der Waals surface area contributed by atoms with Crippen molar-refractivity contribution in [1.82, 2.24) is 0 Å². The molecule has 0 atom stereocenters. The fraction of sp³-hybridized carbons (Fsp3) is 0.263. The maximum atomic E-state index is 12.1. The summed E-state index contributed by atoms with van der Waals surface area (Å²) in [6.07, 6.45) is -1.32. The predicted octanol–water partition coefficient (Wildman–Crippen LogP) is -0.875. The molecule has 0 aliphatic heterocycles. The molecular weight excluding hydrogens is 343 g/mol. The first-order chi connectivity index (χ1) is 12.5. The Hall–Kier alpha value is -2.62. The molecule has 8 heteroatoms. The van der Waals surface area contributed by atoms with Crippen LogP contribution in [0.1, 0.15) is 31.7 Å². The van der Waals surface area contributed by atoms with Gasteiger partial charge in [0.1, 0.15) is 5.78 Å². The van der Waals surface area contributed by atoms with Gasteiger partial charge in [0.05, 0.1) is 18.6 Å². The summed E-state index contributed by atoms with van der Waals surface area (Å²) >= 11 is 0. The number of aliphatic carboxylic acids is 1. The number of carboxylic acid groups (broad SMARTS) is 1. The molecular formula is C19H19LiN2O5. The normalized spacial score (nSPS) is 11.7. The third-order valence-corrected chi connectivity index (χ3v) is 3.59. The number of rotatable bonds is 8. The Labute approximate surface area is 168 Å². The van der Waals surface area contributed by atoms with Crippen LogP contribution in [0, 0.1) is 0 Å². The molecule has 0 unspecified atom stereocenters. The zero-order valence-corrected chi connectivity index (χ0v) is 15.3. The van der Waals surface area contributed by atoms with Crippen molar-refractivity contribution >= 4 is 34.3 Å². The molecule has 0 aliphatic carbocycles. The molecule has 27 heavy (non-hydrogen) atoms. The van der Waals surface area contributed by atoms with Gasteiger partial charge in [0.25, 0.3) is 0 Å². The molecule has 0 radical (unpaired) electrons. The number of benzene rings is 2. The van der Waals surface area contributed by atoms with E-state index in [9.17, 15) is 14.7 Å². The topological polar surface area (TPSA) is 111 Å². The van der Waals surface area contributed by atoms with Crippen LogP contribution in [0.15, 0.2) is 52.7 Å². The largest absolute Gasteiger partial charge is 1.00 e. The molecule has 0 spiro atoms. The number of carbonyl (C=O) groups is 2. The summed E-state index contributed by atoms with van der Waals surface area (Å²) in [5.41, 5.74) is 0.930. The molecule has 0 bridgehead atoms. The van der Waals surface area contributed by atoms with Gasteiger partial charge in [0.15, 0.2) is 6.08 Å². The summed E-state index contributed by atoms with van der Waals surface area (Å²) in [5, 5.41) is 29.5. The Bertz CT molecular complexity index is 864. The van der Waals surface area contributed by atoms with Gasteiger partial charge < -0.3 is 14.9 Å². The average molecular weight is 362 g/mol. The summed E-state index contributed by atoms with van der Waals surface area (Å²) in [7, 11) is 0. The number of fused-ring (bicyclic) bond motifs is 1. The van der Waals surface area contributed by atoms with E-state index >= 15 is 0 Å². The molecule has 2 aromatic rings. The van der Waals surface area contributed by atoms with Crippen LogP contribution in [0.5, 0.6) is 0 Å². The van der Waals surface area contributed by atoms with Crippen LogP contribution in [-0.2, 0) is 14.3 Å². The van der Waals surface area contributed by atoms with Crippen molar-refractivity contribution in [2.24, 2.45) is 10.2 Å². The Morgan fingerprint density at radius 2 is 1.78 bits per heavy atom. The molecule has 0 heterocycles. The van der Waals surface area contributed by atoms with Crippen molar-refractivity contribution in [3.8, 4) is 0 Å². The van der Waals surface area contributed by atoms with Gasteiger partial charge in [0.2, 0.25) is 0 Å². The maximum absolute atomic E-state index is 12.1. The number of Topliss-reactive ketones (excluding diaryl/α,β-unsaturated/α-hetero) is 1. The van der Waals surface area contributed by atoms with E-state index in [0.29, 0.717) is 11.3 Å². The van der Waals surface area contributed by atoms with Crippen molar-refractivity contribution in [3.05, 3.63) is 48.0 Å². The zero-order chi connectivity index (χ0) is 18.9. The quantitative estimate of drug-likeness (QED) is 0.284. The van der Waals surface area contributed by atoms with Gasteiger partial charge in [-0.25, -0.2) is 0 Å². The van der Waals surface area contributed by atoms with Gasteiger partial charge in [0, 0.05) is 6.42 Å². The van der Waals surface area contributed by atoms with E-state index in [1.54, 1.807) is 13.0 Å². The van der Waals surface area contributed by atoms with Crippen molar-refractivity contribution in [2.45, 2.75) is 26.2 Å². The van der Waals surface area contributed by atoms with Gasteiger partial charge in [-0.15, -0.1) is 5.10 Å². The predicted molar refractivity (Wildman–Crippen MR) is 96.0 cm³/mol. The Morgan fingerprint density at radius 3 is 2.44 bits per heavy atom. The first kappa shape index (κ1) is 22.4. The maximum Gasteiger partial charge on any atom is 1.00 e. The molecule has 2 aromatic carbocycles. The fourth-order valence-electron chi connectivity index (χ4n) is 2.34. The molecule has 0 amide bonds. The average Bonchev–Trinajstić information content (AvgIpc) is 2.63. The van der Waals surface area contributed by atoms with Crippen molar-refractivity contribution in [3.63, 3.8) is 0 Å². The van der Waals surface area contributed by atoms with Crippen LogP contribution >= 0.6 is 0 Å². The summed E-state index contributed by atoms with van der Waals surface area (Å²) in [5.74, 6) is -1.34. The Morgan fingerprint density at radius 1 is 1.07 bits per heavy atom. The Kier molecular flexibility index (Phi) is 9.27. The third-order valence-electron chi connectivity index (χ3n) is 3.59. The number of carboxylic acids is 1. The van der Waals surface area contributed by atoms with E-state index in [2.05, 4.69) is 10.2 Å². The van der Waals surface area contributed by atoms with E-state index in [1.807, 2.05) is 36.4 Å². The Balaban J connectivity index is 0.00000364. The fourth-order valence-corrected chi connectivity index (χ4v) is 2.34. The van der Waals surface area contributed by atoms with Gasteiger partial charge >= 0.3 is 24.8 Å². The van der Waals surface area contributed by atoms with Crippen LogP contribution in [-0.4, -0.2) is 35.3 Å². The summed E-state index contributed by atoms with van der Waals surface area (Å²) in [6, 6.07) is 13.2. The van der Waals surface area contributed by atoms with E-state index in [4.69, 9.17) is 9.84 Å². The second-order valence-corrected chi connectivity index (χ2v) is 5.52. The van der Waals surface area contributed by atoms with E-state index in [0.717, 1.165) is 10.8 Å². The van der Waals surface area contributed by atoms with Gasteiger partial charge in [-0.2, -0.15) is 5.10 Å². The van der Waals surface area contributed by atoms with Crippen LogP contribution in [0.2, 0.25) is 0 Å². The molecule has 0 saturated carbocycles. The molecule has 2 rings (SSSR count). The standard InChI is InChI=1S/C19H20N2O5.Li/c1-2-26-19(25)21-20-17(12-16(22)9-10-18(23)24)15-8-7-13-5-3-4-6-14(13)11-15;/h3-8,11H,2,9-10,12H2,1H3,(H,21,25)(H,23,24);/q;+1/p-1/b20-17+;. The third kappa shape index (κ3) is 7.25. The zero-order valence-electron chi connectivity index (χ0n) is 15.3. The number of ketones is 1. The number of nitrogens with zero attached hydrogens (tertiary/aromatic N) is 2. The minimum absolute atomic E-state index is 0. The second kappa shape index (κ2) is 11.2. The minimum atomic E-state index is -1.04. The summed E-state index contributed by atoms with van der Waals surface area (Å²) in [4.78, 5) is 22.7. The first-order valence-electron chi connectivity index (χ1n) is 8.16. The summed E-state index contributed by atoms with van der Waals surface area (Å²) < 4.78 is 4.71. The van der Waals surface area contributed by atoms with Gasteiger partial charge in [-0.3, -0.25) is 9.59 Å². The van der Waals surface area contributed by atoms with Gasteiger partial charge in [-0.1, -0.05) is 43.3 Å². The van der Waals surface area contributed by atoms with Crippen LogP contribution in [0.4, 0.5) is 0 Å². The smallest absolute Gasteiger partial charge is 0.599 e. The monoisotopic (exact) mass is 362 g/mol. The van der Waals surface area contributed by atoms with Crippen molar-refractivity contribution in [1.29, 1.82) is 0 Å². The minimum Gasteiger partial charge on any atom is -0.599 e. The molecule has 0 fully saturated rings. The molecule has 1 N–H and O–H groups in total. The van der Waals surface area contributed by atoms with Crippen LogP contribution in [0.25, 0.3) is 10.8 Å². The van der Waals surface area contributed by atoms with Crippen LogP contribution < -0.4 is 24.0 Å². The van der Waals surface area contributed by atoms with Crippen LogP contribution in [0.3, 0.4) is 0 Å². The van der Waals surface area contributed by atoms with E-state index in [1.165, 1.54) is 0 Å². The summed E-state index contributed by atoms with van der Waals surface area (Å²) in [6.45, 7) is 1.82. The first-order valence-corrected chi connectivity index (χ1v) is 8.16. The molecule has 0 saturated heterocycles. The molecule has 136 valence electrons. The number of hydrogen-bond acceptors (Lipinski definition) is 6. The van der Waals surface area contributed by atoms with Crippen molar-refractivity contribution in [2.75, 3.05) is 6.61 Å². The van der Waals surface area contributed by atoms with Gasteiger partial charge in [-0.05, 0) is 29.0 Å². The van der Waals surface area contributed by atoms with E-state index < -0.39 is 12.1 Å². The molecule has 0 aromatic heterocycles. The number of carbonyl (C=O) groups excluding carboxylic acids is 1. The van der Waals surface area contributed by atoms with E-state index in [-0.39, 0.29) is 50.5 Å². The SMILES string of the molecule is CCO/C([O-])=N/N=C(\CC(=O)CCC(=O)O)c1ccc2ccccc2c1.[Li+].